The maximum absolute atomic E-state index is 13.9. The van der Waals surface area contributed by atoms with Gasteiger partial charge >= 0.3 is 0 Å². The molecule has 0 saturated heterocycles. The summed E-state index contributed by atoms with van der Waals surface area (Å²) in [4.78, 5) is 75.2. The molecule has 0 aliphatic carbocycles. The number of carbonyl (C=O) groups excluding carboxylic acids is 5. The molecule has 2 aromatic carbocycles. The maximum atomic E-state index is 13.9. The highest BCUT2D eigenvalue weighted by Crippen LogP contribution is 2.24. The number of nitrogens with zero attached hydrogens (tertiary/aromatic N) is 5. The van der Waals surface area contributed by atoms with Crippen LogP contribution in [-0.2, 0) is 32.1 Å². The molecule has 2 aromatic heterocycles. The van der Waals surface area contributed by atoms with Crippen molar-refractivity contribution in [3.63, 3.8) is 0 Å². The van der Waals surface area contributed by atoms with Gasteiger partial charge in [-0.25, -0.2) is 9.67 Å². The highest BCUT2D eigenvalue weighted by molar-refractivity contribution is 7.09. The molecule has 16 heteroatoms. The van der Waals surface area contributed by atoms with E-state index < -0.39 is 41.9 Å². The summed E-state index contributed by atoms with van der Waals surface area (Å²) < 4.78 is 1.67. The van der Waals surface area contributed by atoms with E-state index in [2.05, 4.69) is 31.3 Å². The lowest BCUT2D eigenvalue weighted by Gasteiger charge is -2.28. The molecule has 0 radical (unpaired) electrons. The first-order valence-electron chi connectivity index (χ1n) is 17.7. The number of hydrogen-bond donors (Lipinski definition) is 4. The van der Waals surface area contributed by atoms with Crippen molar-refractivity contribution in [1.82, 2.24) is 45.8 Å². The van der Waals surface area contributed by atoms with Crippen molar-refractivity contribution in [2.45, 2.75) is 64.8 Å². The molecule has 0 fully saturated rings. The monoisotopic (exact) mass is 775 g/mol. The number of carbonyl (C=O) groups is 5. The molecule has 54 heavy (non-hydrogen) atoms. The third-order valence-electron chi connectivity index (χ3n) is 9.02. The molecule has 0 saturated carbocycles. The third kappa shape index (κ3) is 10.5. The molecule has 4 N–H and O–H groups in total. The number of nitrogens with one attached hydrogen (secondary N) is 4. The van der Waals surface area contributed by atoms with Crippen LogP contribution in [0.1, 0.15) is 60.4 Å². The minimum atomic E-state index is -1.00. The number of benzene rings is 2. The van der Waals surface area contributed by atoms with Gasteiger partial charge in [0.25, 0.3) is 5.91 Å². The van der Waals surface area contributed by atoms with Crippen molar-refractivity contribution in [2.75, 3.05) is 26.7 Å². The highest BCUT2D eigenvalue weighted by atomic mass is 35.5. The summed E-state index contributed by atoms with van der Waals surface area (Å²) in [6.45, 7) is 7.49. The van der Waals surface area contributed by atoms with Crippen molar-refractivity contribution < 1.29 is 24.0 Å². The van der Waals surface area contributed by atoms with E-state index in [0.29, 0.717) is 35.2 Å². The van der Waals surface area contributed by atoms with Gasteiger partial charge in [-0.15, -0.1) is 11.3 Å². The number of likely N-dealkylation sites (N-methyl/N-ethyl adjacent to an activating group) is 1. The third-order valence-corrected chi connectivity index (χ3v) is 10.3. The molecular weight excluding hydrogens is 730 g/mol. The smallest absolute Gasteiger partial charge is 0.271 e. The number of aromatic nitrogens is 3. The molecule has 286 valence electrons. The predicted molar refractivity (Wildman–Crippen MR) is 206 cm³/mol. The van der Waals surface area contributed by atoms with Crippen LogP contribution < -0.4 is 21.3 Å². The van der Waals surface area contributed by atoms with Crippen LogP contribution in [0, 0.1) is 5.92 Å². The fourth-order valence-electron chi connectivity index (χ4n) is 5.97. The fraction of sp³-hybridized carbons (Fsp3) is 0.395. The summed E-state index contributed by atoms with van der Waals surface area (Å²) in [5.41, 5.74) is 2.58. The Morgan fingerprint density at radius 3 is 2.31 bits per heavy atom. The topological polar surface area (TPSA) is 171 Å². The first kappa shape index (κ1) is 40.1. The van der Waals surface area contributed by atoms with Gasteiger partial charge in [0.15, 0.2) is 0 Å². The second kappa shape index (κ2) is 18.3. The van der Waals surface area contributed by atoms with Crippen LogP contribution in [-0.4, -0.2) is 98.9 Å². The van der Waals surface area contributed by atoms with Gasteiger partial charge in [0.05, 0.1) is 29.5 Å². The van der Waals surface area contributed by atoms with E-state index in [1.165, 1.54) is 23.2 Å². The van der Waals surface area contributed by atoms with Gasteiger partial charge in [-0.1, -0.05) is 67.9 Å². The van der Waals surface area contributed by atoms with E-state index in [1.54, 1.807) is 50.1 Å². The minimum Gasteiger partial charge on any atom is -0.345 e. The van der Waals surface area contributed by atoms with Crippen LogP contribution >= 0.6 is 22.9 Å². The molecule has 1 aliphatic rings. The summed E-state index contributed by atoms with van der Waals surface area (Å²) in [7, 11) is 1.64. The molecule has 5 rings (SSSR count). The van der Waals surface area contributed by atoms with Gasteiger partial charge in [0.2, 0.25) is 23.6 Å². The number of fused-ring (bicyclic) bond motifs is 2. The second-order valence-corrected chi connectivity index (χ2v) is 15.0. The van der Waals surface area contributed by atoms with Gasteiger partial charge in [-0.05, 0) is 43.9 Å². The van der Waals surface area contributed by atoms with Crippen molar-refractivity contribution in [2.24, 2.45) is 5.92 Å². The van der Waals surface area contributed by atoms with Crippen molar-refractivity contribution >= 4 is 52.5 Å². The summed E-state index contributed by atoms with van der Waals surface area (Å²) in [6, 6.07) is 13.5. The first-order chi connectivity index (χ1) is 25.8. The quantitative estimate of drug-likeness (QED) is 0.232. The molecular formula is C38H46ClN9O5S. The molecule has 0 spiro atoms. The Balaban J connectivity index is 1.45. The van der Waals surface area contributed by atoms with Crippen molar-refractivity contribution in [3.05, 3.63) is 99.2 Å². The van der Waals surface area contributed by atoms with Gasteiger partial charge < -0.3 is 26.2 Å². The van der Waals surface area contributed by atoms with Gasteiger partial charge in [0.1, 0.15) is 28.8 Å². The average molecular weight is 776 g/mol. The predicted octanol–water partition coefficient (Wildman–Crippen LogP) is 3.12. The first-order valence-corrected chi connectivity index (χ1v) is 19.0. The van der Waals surface area contributed by atoms with Crippen molar-refractivity contribution in [3.8, 4) is 5.69 Å². The zero-order valence-corrected chi connectivity index (χ0v) is 32.5. The standard InChI is InChI=1S/C38H46ClN9O5S/c1-23(2)33-36(52)42-25(4)38(53)46(5)15-16-47(19-27-18-40-48(20-27)31-14-10-9-13-28(31)39)21-32(49)43-29(17-26-11-7-6-8-12-26)37-44-30(22-54-37)35(51)41-24(3)34(50)45-33/h6-14,18,20,22-25,29,33H,15-17,19,21H2,1-5H3,(H,41,51)(H,42,52)(H,43,49)(H,45,50)/t24-,25+,29-,33-/m0/s1. The number of amides is 5. The van der Waals surface area contributed by atoms with Gasteiger partial charge in [-0.2, -0.15) is 5.10 Å². The van der Waals surface area contributed by atoms with E-state index in [0.717, 1.165) is 11.1 Å². The largest absolute Gasteiger partial charge is 0.345 e. The number of rotatable bonds is 6. The molecule has 4 aromatic rings. The molecule has 3 heterocycles. The van der Waals surface area contributed by atoms with Crippen LogP contribution in [0.15, 0.2) is 72.4 Å². The lowest BCUT2D eigenvalue weighted by Crippen LogP contribution is -2.57. The van der Waals surface area contributed by atoms with Crippen LogP contribution in [0.4, 0.5) is 0 Å². The number of hydrogen-bond acceptors (Lipinski definition) is 9. The average Bonchev–Trinajstić information content (AvgIpc) is 3.83. The van der Waals surface area contributed by atoms with E-state index >= 15 is 0 Å². The fourth-order valence-corrected chi connectivity index (χ4v) is 7.05. The zero-order chi connectivity index (χ0) is 38.9. The maximum Gasteiger partial charge on any atom is 0.271 e. The van der Waals surface area contributed by atoms with Gasteiger partial charge in [0, 0.05) is 43.8 Å². The Morgan fingerprint density at radius 2 is 1.59 bits per heavy atom. The zero-order valence-electron chi connectivity index (χ0n) is 30.9. The van der Waals surface area contributed by atoms with Crippen LogP contribution in [0.2, 0.25) is 5.02 Å². The van der Waals surface area contributed by atoms with Crippen LogP contribution in [0.25, 0.3) is 5.69 Å². The van der Waals surface area contributed by atoms with Crippen LogP contribution in [0.3, 0.4) is 0 Å². The van der Waals surface area contributed by atoms with Gasteiger partial charge in [-0.3, -0.25) is 28.9 Å². The number of halogens is 1. The van der Waals surface area contributed by atoms with E-state index in [1.807, 2.05) is 59.6 Å². The Labute approximate surface area is 323 Å². The summed E-state index contributed by atoms with van der Waals surface area (Å²) in [5.74, 6) is -2.63. The lowest BCUT2D eigenvalue weighted by molar-refractivity contribution is -0.136. The number of thiazole rings is 1. The molecule has 5 amide bonds. The van der Waals surface area contributed by atoms with Crippen LogP contribution in [0.5, 0.6) is 0 Å². The van der Waals surface area contributed by atoms with E-state index in [9.17, 15) is 24.0 Å². The second-order valence-electron chi connectivity index (χ2n) is 13.8. The van der Waals surface area contributed by atoms with E-state index in [4.69, 9.17) is 11.6 Å². The Kier molecular flexibility index (Phi) is 13.6. The molecule has 2 bridgehead atoms. The SMILES string of the molecule is CC(C)[C@@H]1NC(=O)[C@H](C)NC(=O)c2csc(n2)[C@H](Cc2ccccc2)NC(=O)CN(Cc2cnn(-c3ccccc3Cl)c2)CCN(C)C(=O)[C@@H](C)NC1=O. The summed E-state index contributed by atoms with van der Waals surface area (Å²) in [6.07, 6.45) is 3.96. The molecule has 0 unspecified atom stereocenters. The summed E-state index contributed by atoms with van der Waals surface area (Å²) >= 11 is 7.65. The number of para-hydroxylation sites is 1. The lowest BCUT2D eigenvalue weighted by atomic mass is 10.0. The Morgan fingerprint density at radius 1 is 0.870 bits per heavy atom. The molecule has 14 nitrogen and oxygen atoms in total. The summed E-state index contributed by atoms with van der Waals surface area (Å²) in [5, 5.41) is 18.4. The highest BCUT2D eigenvalue weighted by Gasteiger charge is 2.31. The molecule has 4 atom stereocenters. The van der Waals surface area contributed by atoms with Crippen molar-refractivity contribution in [1.29, 1.82) is 0 Å². The Hall–Kier alpha value is -5.12. The minimum absolute atomic E-state index is 0.0308. The Bertz CT molecular complexity index is 1950. The molecule has 1 aliphatic heterocycles. The normalized spacial score (nSPS) is 21.5. The van der Waals surface area contributed by atoms with E-state index in [-0.39, 0.29) is 36.5 Å².